The first kappa shape index (κ1) is 16.0. The molecule has 0 aliphatic carbocycles. The van der Waals surface area contributed by atoms with Gasteiger partial charge in [0.15, 0.2) is 0 Å². The van der Waals surface area contributed by atoms with Crippen molar-refractivity contribution in [2.75, 3.05) is 5.73 Å². The third-order valence-electron chi connectivity index (χ3n) is 3.03. The van der Waals surface area contributed by atoms with E-state index in [9.17, 15) is 9.59 Å². The average Bonchev–Trinajstić information content (AvgIpc) is 2.36. The van der Waals surface area contributed by atoms with Crippen molar-refractivity contribution < 1.29 is 14.7 Å². The van der Waals surface area contributed by atoms with Crippen LogP contribution in [0.1, 0.15) is 38.2 Å². The van der Waals surface area contributed by atoms with Crippen molar-refractivity contribution in [1.82, 2.24) is 5.32 Å². The molecule has 5 nitrogen and oxygen atoms in total. The lowest BCUT2D eigenvalue weighted by Gasteiger charge is -2.13. The lowest BCUT2D eigenvalue weighted by Crippen LogP contribution is -2.32. The first-order chi connectivity index (χ1) is 9.47. The van der Waals surface area contributed by atoms with Crippen molar-refractivity contribution in [3.05, 3.63) is 29.8 Å². The zero-order valence-corrected chi connectivity index (χ0v) is 11.8. The van der Waals surface area contributed by atoms with Crippen LogP contribution in [-0.2, 0) is 16.0 Å². The molecule has 1 rings (SSSR count). The molecule has 1 unspecified atom stereocenters. The molecule has 0 saturated heterocycles. The second kappa shape index (κ2) is 8.19. The predicted octanol–water partition coefficient (Wildman–Crippen LogP) is 1.96. The van der Waals surface area contributed by atoms with Crippen LogP contribution in [0.25, 0.3) is 0 Å². The van der Waals surface area contributed by atoms with E-state index in [0.29, 0.717) is 31.4 Å². The van der Waals surface area contributed by atoms with Crippen molar-refractivity contribution >= 4 is 17.6 Å². The molecule has 1 atom stereocenters. The van der Waals surface area contributed by atoms with Crippen molar-refractivity contribution in [1.29, 1.82) is 0 Å². The van der Waals surface area contributed by atoms with Gasteiger partial charge in [0.05, 0.1) is 0 Å². The fraction of sp³-hybridized carbons (Fsp3) is 0.467. The third-order valence-corrected chi connectivity index (χ3v) is 3.03. The number of anilines is 1. The molecule has 0 aliphatic heterocycles. The van der Waals surface area contributed by atoms with E-state index < -0.39 is 5.97 Å². The maximum absolute atomic E-state index is 11.8. The summed E-state index contributed by atoms with van der Waals surface area (Å²) in [7, 11) is 0. The number of nitrogens with one attached hydrogen (secondary N) is 1. The molecule has 20 heavy (non-hydrogen) atoms. The highest BCUT2D eigenvalue weighted by molar-refractivity contribution is 5.76. The fourth-order valence-corrected chi connectivity index (χ4v) is 1.99. The lowest BCUT2D eigenvalue weighted by molar-refractivity contribution is -0.137. The second-order valence-electron chi connectivity index (χ2n) is 5.00. The van der Waals surface area contributed by atoms with Gasteiger partial charge in [-0.1, -0.05) is 12.1 Å². The Morgan fingerprint density at radius 1 is 1.35 bits per heavy atom. The summed E-state index contributed by atoms with van der Waals surface area (Å²) in [6.07, 6.45) is 2.46. The number of nitrogens with two attached hydrogens (primary N) is 1. The summed E-state index contributed by atoms with van der Waals surface area (Å²) in [5, 5.41) is 11.4. The van der Waals surface area contributed by atoms with Gasteiger partial charge < -0.3 is 16.2 Å². The Balaban J connectivity index is 2.24. The highest BCUT2D eigenvalue weighted by Gasteiger charge is 2.08. The molecule has 4 N–H and O–H groups in total. The van der Waals surface area contributed by atoms with E-state index in [-0.39, 0.29) is 18.4 Å². The maximum atomic E-state index is 11.8. The van der Waals surface area contributed by atoms with Crippen LogP contribution in [0.2, 0.25) is 0 Å². The Hall–Kier alpha value is -2.04. The zero-order chi connectivity index (χ0) is 15.0. The zero-order valence-electron chi connectivity index (χ0n) is 11.8. The average molecular weight is 278 g/mol. The van der Waals surface area contributed by atoms with E-state index in [4.69, 9.17) is 10.8 Å². The lowest BCUT2D eigenvalue weighted by atomic mass is 10.1. The molecule has 0 aliphatic rings. The van der Waals surface area contributed by atoms with Crippen LogP contribution in [0.4, 0.5) is 5.69 Å². The number of aliphatic carboxylic acids is 1. The minimum Gasteiger partial charge on any atom is -0.481 e. The number of carboxylic acids is 1. The number of hydrogen-bond acceptors (Lipinski definition) is 3. The van der Waals surface area contributed by atoms with Gasteiger partial charge in [-0.05, 0) is 43.9 Å². The minimum atomic E-state index is -0.801. The van der Waals surface area contributed by atoms with Crippen LogP contribution in [0.15, 0.2) is 24.3 Å². The predicted molar refractivity (Wildman–Crippen MR) is 78.3 cm³/mol. The standard InChI is InChI=1S/C15H22N2O3/c1-11(4-2-7-15(19)20)17-14(18)9-8-12-5-3-6-13(16)10-12/h3,5-6,10-11H,2,4,7-9,16H2,1H3,(H,17,18)(H,19,20). The van der Waals surface area contributed by atoms with E-state index in [1.165, 1.54) is 0 Å². The number of carbonyl (C=O) groups excluding carboxylic acids is 1. The van der Waals surface area contributed by atoms with Gasteiger partial charge in [0, 0.05) is 24.6 Å². The molecule has 0 heterocycles. The van der Waals surface area contributed by atoms with E-state index >= 15 is 0 Å². The van der Waals surface area contributed by atoms with Gasteiger partial charge in [-0.3, -0.25) is 9.59 Å². The summed E-state index contributed by atoms with van der Waals surface area (Å²) >= 11 is 0. The van der Waals surface area contributed by atoms with Gasteiger partial charge in [-0.25, -0.2) is 0 Å². The minimum absolute atomic E-state index is 0.00249. The van der Waals surface area contributed by atoms with Gasteiger partial charge >= 0.3 is 5.97 Å². The number of nitrogen functional groups attached to an aromatic ring is 1. The van der Waals surface area contributed by atoms with Crippen LogP contribution in [0.3, 0.4) is 0 Å². The Morgan fingerprint density at radius 3 is 2.75 bits per heavy atom. The Bertz CT molecular complexity index is 460. The number of rotatable bonds is 8. The van der Waals surface area contributed by atoms with Crippen LogP contribution >= 0.6 is 0 Å². The van der Waals surface area contributed by atoms with E-state index in [2.05, 4.69) is 5.32 Å². The van der Waals surface area contributed by atoms with Crippen molar-refractivity contribution in [2.45, 2.75) is 45.1 Å². The molecule has 0 spiro atoms. The van der Waals surface area contributed by atoms with Crippen molar-refractivity contribution in [3.63, 3.8) is 0 Å². The van der Waals surface area contributed by atoms with Crippen LogP contribution < -0.4 is 11.1 Å². The fourth-order valence-electron chi connectivity index (χ4n) is 1.99. The van der Waals surface area contributed by atoms with Gasteiger partial charge in [0.1, 0.15) is 0 Å². The maximum Gasteiger partial charge on any atom is 0.303 e. The molecule has 0 saturated carbocycles. The first-order valence-electron chi connectivity index (χ1n) is 6.83. The van der Waals surface area contributed by atoms with Crippen LogP contribution in [0.5, 0.6) is 0 Å². The molecule has 1 aromatic carbocycles. The third kappa shape index (κ3) is 6.78. The van der Waals surface area contributed by atoms with Crippen molar-refractivity contribution in [2.24, 2.45) is 0 Å². The normalized spacial score (nSPS) is 11.8. The van der Waals surface area contributed by atoms with E-state index in [1.807, 2.05) is 31.2 Å². The number of aryl methyl sites for hydroxylation is 1. The number of benzene rings is 1. The number of carboxylic acid groups (broad SMARTS) is 1. The molecule has 1 aromatic rings. The summed E-state index contributed by atoms with van der Waals surface area (Å²) < 4.78 is 0. The molecule has 1 amide bonds. The van der Waals surface area contributed by atoms with Crippen LogP contribution in [0, 0.1) is 0 Å². The number of amides is 1. The van der Waals surface area contributed by atoms with Crippen LogP contribution in [-0.4, -0.2) is 23.0 Å². The molecule has 0 fully saturated rings. The molecular weight excluding hydrogens is 256 g/mol. The number of carbonyl (C=O) groups is 2. The highest BCUT2D eigenvalue weighted by Crippen LogP contribution is 2.09. The molecule has 5 heteroatoms. The van der Waals surface area contributed by atoms with Gasteiger partial charge in [-0.15, -0.1) is 0 Å². The molecule has 0 radical (unpaired) electrons. The van der Waals surface area contributed by atoms with E-state index in [1.54, 1.807) is 0 Å². The summed E-state index contributed by atoms with van der Waals surface area (Å²) in [4.78, 5) is 22.1. The summed E-state index contributed by atoms with van der Waals surface area (Å²) in [6.45, 7) is 1.89. The largest absolute Gasteiger partial charge is 0.481 e. The Kier molecular flexibility index (Phi) is 6.56. The number of hydrogen-bond donors (Lipinski definition) is 3. The SMILES string of the molecule is CC(CCCC(=O)O)NC(=O)CCc1cccc(N)c1. The van der Waals surface area contributed by atoms with Gasteiger partial charge in [0.2, 0.25) is 5.91 Å². The molecule has 110 valence electrons. The first-order valence-corrected chi connectivity index (χ1v) is 6.83. The second-order valence-corrected chi connectivity index (χ2v) is 5.00. The topological polar surface area (TPSA) is 92.4 Å². The Labute approximate surface area is 119 Å². The highest BCUT2D eigenvalue weighted by atomic mass is 16.4. The Morgan fingerprint density at radius 2 is 2.10 bits per heavy atom. The quantitative estimate of drug-likeness (QED) is 0.634. The summed E-state index contributed by atoms with van der Waals surface area (Å²) in [5.74, 6) is -0.819. The molecular formula is C15H22N2O3. The van der Waals surface area contributed by atoms with Gasteiger partial charge in [-0.2, -0.15) is 0 Å². The van der Waals surface area contributed by atoms with Crippen molar-refractivity contribution in [3.8, 4) is 0 Å². The summed E-state index contributed by atoms with van der Waals surface area (Å²) in [5.41, 5.74) is 7.42. The smallest absolute Gasteiger partial charge is 0.303 e. The van der Waals surface area contributed by atoms with E-state index in [0.717, 1.165) is 5.56 Å². The molecule has 0 aromatic heterocycles. The van der Waals surface area contributed by atoms with Gasteiger partial charge in [0.25, 0.3) is 0 Å². The summed E-state index contributed by atoms with van der Waals surface area (Å²) in [6, 6.07) is 7.50. The monoisotopic (exact) mass is 278 g/mol. The molecule has 0 bridgehead atoms.